The van der Waals surface area contributed by atoms with E-state index < -0.39 is 0 Å². The van der Waals surface area contributed by atoms with Crippen LogP contribution in [0.25, 0.3) is 10.9 Å². The quantitative estimate of drug-likeness (QED) is 0.662. The van der Waals surface area contributed by atoms with Crippen molar-refractivity contribution in [3.8, 4) is 0 Å². The first-order valence-corrected chi connectivity index (χ1v) is 6.64. The van der Waals surface area contributed by atoms with Crippen molar-refractivity contribution in [1.29, 1.82) is 0 Å². The molecular formula is C14H14N2OS. The van der Waals surface area contributed by atoms with Crippen molar-refractivity contribution < 1.29 is 4.79 Å². The van der Waals surface area contributed by atoms with Gasteiger partial charge in [-0.25, -0.2) is 4.98 Å². The lowest BCUT2D eigenvalue weighted by Crippen LogP contribution is -2.24. The molecule has 1 amide bonds. The Hall–Kier alpha value is -1.81. The van der Waals surface area contributed by atoms with Gasteiger partial charge in [0.1, 0.15) is 0 Å². The highest BCUT2D eigenvalue weighted by atomic mass is 32.2. The number of hydrogen-bond donors (Lipinski definition) is 1. The molecule has 0 aliphatic heterocycles. The molecule has 0 spiro atoms. The topological polar surface area (TPSA) is 42.0 Å². The van der Waals surface area contributed by atoms with Crippen LogP contribution in [0.1, 0.15) is 0 Å². The van der Waals surface area contributed by atoms with Crippen molar-refractivity contribution in [2.45, 2.75) is 5.03 Å². The van der Waals surface area contributed by atoms with Gasteiger partial charge < -0.3 is 5.32 Å². The molecule has 1 heterocycles. The van der Waals surface area contributed by atoms with E-state index in [0.717, 1.165) is 15.9 Å². The van der Waals surface area contributed by atoms with E-state index in [9.17, 15) is 4.79 Å². The first-order chi connectivity index (χ1) is 8.79. The summed E-state index contributed by atoms with van der Waals surface area (Å²) in [6.45, 7) is 4.06. The second kappa shape index (κ2) is 6.21. The van der Waals surface area contributed by atoms with E-state index in [4.69, 9.17) is 0 Å². The molecule has 0 unspecified atom stereocenters. The molecule has 2 aromatic rings. The second-order valence-electron chi connectivity index (χ2n) is 3.72. The molecule has 0 saturated carbocycles. The van der Waals surface area contributed by atoms with Gasteiger partial charge in [0, 0.05) is 11.9 Å². The van der Waals surface area contributed by atoms with Crippen LogP contribution in [0.4, 0.5) is 0 Å². The lowest BCUT2D eigenvalue weighted by Gasteiger charge is -2.03. The molecule has 1 aromatic carbocycles. The molecule has 1 N–H and O–H groups in total. The minimum absolute atomic E-state index is 0.00476. The van der Waals surface area contributed by atoms with Crippen molar-refractivity contribution in [3.63, 3.8) is 0 Å². The number of nitrogens with one attached hydrogen (secondary N) is 1. The van der Waals surface area contributed by atoms with E-state index in [2.05, 4.69) is 16.9 Å². The van der Waals surface area contributed by atoms with Gasteiger partial charge in [-0.05, 0) is 12.1 Å². The predicted octanol–water partition coefficient (Wildman–Crippen LogP) is 2.63. The molecule has 0 atom stereocenters. The molecule has 0 bridgehead atoms. The highest BCUT2D eigenvalue weighted by Crippen LogP contribution is 2.19. The van der Waals surface area contributed by atoms with E-state index in [1.807, 2.05) is 36.4 Å². The molecule has 3 nitrogen and oxygen atoms in total. The smallest absolute Gasteiger partial charge is 0.230 e. The number of benzene rings is 1. The van der Waals surface area contributed by atoms with Gasteiger partial charge in [0.25, 0.3) is 0 Å². The summed E-state index contributed by atoms with van der Waals surface area (Å²) in [7, 11) is 0. The summed E-state index contributed by atoms with van der Waals surface area (Å²) in [5.41, 5.74) is 0.953. The second-order valence-corrected chi connectivity index (χ2v) is 4.72. The molecule has 0 fully saturated rings. The highest BCUT2D eigenvalue weighted by molar-refractivity contribution is 7.99. The Balaban J connectivity index is 1.99. The Morgan fingerprint density at radius 3 is 3.00 bits per heavy atom. The average Bonchev–Trinajstić information content (AvgIpc) is 2.42. The standard InChI is InChI=1S/C14H14N2OS/c1-2-9-15-13(17)10-18-14-8-7-11-5-3-4-6-12(11)16-14/h2-8H,1,9-10H2,(H,15,17). The fourth-order valence-electron chi connectivity index (χ4n) is 1.50. The maximum Gasteiger partial charge on any atom is 0.230 e. The van der Waals surface area contributed by atoms with Crippen LogP contribution in [-0.4, -0.2) is 23.2 Å². The number of fused-ring (bicyclic) bond motifs is 1. The van der Waals surface area contributed by atoms with Crippen LogP contribution in [0, 0.1) is 0 Å². The van der Waals surface area contributed by atoms with Gasteiger partial charge in [-0.2, -0.15) is 0 Å². The number of carbonyl (C=O) groups excluding carboxylic acids is 1. The normalized spacial score (nSPS) is 10.2. The summed E-state index contributed by atoms with van der Waals surface area (Å²) in [5, 5.41) is 4.71. The monoisotopic (exact) mass is 258 g/mol. The van der Waals surface area contributed by atoms with Gasteiger partial charge in [0.05, 0.1) is 16.3 Å². The number of carbonyl (C=O) groups is 1. The molecule has 92 valence electrons. The molecule has 1 aromatic heterocycles. The third kappa shape index (κ3) is 3.34. The summed E-state index contributed by atoms with van der Waals surface area (Å²) in [6.07, 6.45) is 1.66. The number of thioether (sulfide) groups is 1. The summed E-state index contributed by atoms with van der Waals surface area (Å²) in [5.74, 6) is 0.369. The number of amides is 1. The fraction of sp³-hybridized carbons (Fsp3) is 0.143. The zero-order valence-electron chi connectivity index (χ0n) is 9.93. The number of nitrogens with zero attached hydrogens (tertiary/aromatic N) is 1. The summed E-state index contributed by atoms with van der Waals surface area (Å²) in [6, 6.07) is 11.9. The van der Waals surface area contributed by atoms with Crippen molar-refractivity contribution >= 4 is 28.6 Å². The van der Waals surface area contributed by atoms with Crippen LogP contribution in [0.15, 0.2) is 54.1 Å². The van der Waals surface area contributed by atoms with Gasteiger partial charge in [-0.1, -0.05) is 42.1 Å². The van der Waals surface area contributed by atoms with Crippen LogP contribution < -0.4 is 5.32 Å². The fourth-order valence-corrected chi connectivity index (χ4v) is 2.21. The average molecular weight is 258 g/mol. The van der Waals surface area contributed by atoms with Crippen LogP contribution >= 0.6 is 11.8 Å². The van der Waals surface area contributed by atoms with Crippen LogP contribution in [-0.2, 0) is 4.79 Å². The number of hydrogen-bond acceptors (Lipinski definition) is 3. The van der Waals surface area contributed by atoms with Gasteiger partial charge in [-0.3, -0.25) is 4.79 Å². The Kier molecular flexibility index (Phi) is 4.36. The number of pyridine rings is 1. The Labute approximate surface area is 110 Å². The zero-order valence-corrected chi connectivity index (χ0v) is 10.7. The van der Waals surface area contributed by atoms with Gasteiger partial charge in [0.2, 0.25) is 5.91 Å². The van der Waals surface area contributed by atoms with E-state index in [0.29, 0.717) is 12.3 Å². The maximum absolute atomic E-state index is 11.4. The van der Waals surface area contributed by atoms with Gasteiger partial charge >= 0.3 is 0 Å². The Bertz CT molecular complexity index is 568. The van der Waals surface area contributed by atoms with E-state index in [1.54, 1.807) is 6.08 Å². The zero-order chi connectivity index (χ0) is 12.8. The Morgan fingerprint density at radius 1 is 1.33 bits per heavy atom. The SMILES string of the molecule is C=CCNC(=O)CSc1ccc2ccccc2n1. The minimum Gasteiger partial charge on any atom is -0.352 e. The molecule has 0 aliphatic carbocycles. The van der Waals surface area contributed by atoms with Crippen LogP contribution in [0.5, 0.6) is 0 Å². The summed E-state index contributed by atoms with van der Waals surface area (Å²) in [4.78, 5) is 15.9. The third-order valence-corrected chi connectivity index (χ3v) is 3.30. The first-order valence-electron chi connectivity index (χ1n) is 5.66. The molecular weight excluding hydrogens is 244 g/mol. The van der Waals surface area contributed by atoms with Crippen molar-refractivity contribution in [2.24, 2.45) is 0 Å². The van der Waals surface area contributed by atoms with Crippen LogP contribution in [0.2, 0.25) is 0 Å². The summed E-state index contributed by atoms with van der Waals surface area (Å²) >= 11 is 1.44. The molecule has 0 radical (unpaired) electrons. The Morgan fingerprint density at radius 2 is 2.17 bits per heavy atom. The molecule has 0 aliphatic rings. The molecule has 18 heavy (non-hydrogen) atoms. The lowest BCUT2D eigenvalue weighted by molar-refractivity contribution is -0.118. The third-order valence-electron chi connectivity index (χ3n) is 2.37. The lowest BCUT2D eigenvalue weighted by atomic mass is 10.2. The van der Waals surface area contributed by atoms with Gasteiger partial charge in [0.15, 0.2) is 0 Å². The van der Waals surface area contributed by atoms with Crippen molar-refractivity contribution in [2.75, 3.05) is 12.3 Å². The van der Waals surface area contributed by atoms with E-state index in [-0.39, 0.29) is 5.91 Å². The van der Waals surface area contributed by atoms with E-state index >= 15 is 0 Å². The van der Waals surface area contributed by atoms with E-state index in [1.165, 1.54) is 11.8 Å². The summed E-state index contributed by atoms with van der Waals surface area (Å²) < 4.78 is 0. The molecule has 2 rings (SSSR count). The van der Waals surface area contributed by atoms with Crippen LogP contribution in [0.3, 0.4) is 0 Å². The number of para-hydroxylation sites is 1. The van der Waals surface area contributed by atoms with Crippen molar-refractivity contribution in [1.82, 2.24) is 10.3 Å². The molecule has 0 saturated heterocycles. The van der Waals surface area contributed by atoms with Crippen molar-refractivity contribution in [3.05, 3.63) is 49.1 Å². The molecule has 4 heteroatoms. The predicted molar refractivity (Wildman–Crippen MR) is 75.7 cm³/mol. The minimum atomic E-state index is -0.00476. The largest absolute Gasteiger partial charge is 0.352 e. The van der Waals surface area contributed by atoms with Gasteiger partial charge in [-0.15, -0.1) is 6.58 Å². The number of aromatic nitrogens is 1. The highest BCUT2D eigenvalue weighted by Gasteiger charge is 2.03. The first kappa shape index (κ1) is 12.6. The maximum atomic E-state index is 11.4. The number of rotatable bonds is 5.